The van der Waals surface area contributed by atoms with Crippen LogP contribution in [0.1, 0.15) is 35.7 Å². The normalized spacial score (nSPS) is 11.9. The lowest BCUT2D eigenvalue weighted by Crippen LogP contribution is -2.32. The molecule has 0 spiro atoms. The van der Waals surface area contributed by atoms with Gasteiger partial charge in [-0.3, -0.25) is 14.9 Å². The number of hydrogen-bond donors (Lipinski definition) is 2. The molecule has 6 heteroatoms. The summed E-state index contributed by atoms with van der Waals surface area (Å²) in [6, 6.07) is 4.08. The molecule has 0 aliphatic rings. The number of benzene rings is 1. The minimum atomic E-state index is -0.563. The summed E-state index contributed by atoms with van der Waals surface area (Å²) in [5, 5.41) is 22.7. The second kappa shape index (κ2) is 6.84. The van der Waals surface area contributed by atoms with Crippen molar-refractivity contribution in [2.75, 3.05) is 6.54 Å². The number of nitrogens with one attached hydrogen (secondary N) is 1. The number of carbonyl (C=O) groups is 1. The third-order valence-corrected chi connectivity index (χ3v) is 2.79. The molecule has 1 atom stereocenters. The van der Waals surface area contributed by atoms with Gasteiger partial charge in [-0.25, -0.2) is 0 Å². The third kappa shape index (κ3) is 4.33. The smallest absolute Gasteiger partial charge is 0.269 e. The molecule has 6 nitrogen and oxygen atoms in total. The Bertz CT molecular complexity index is 474. The highest BCUT2D eigenvalue weighted by Crippen LogP contribution is 2.17. The molecule has 0 heterocycles. The number of rotatable bonds is 6. The molecule has 0 saturated heterocycles. The maximum atomic E-state index is 11.9. The summed E-state index contributed by atoms with van der Waals surface area (Å²) in [6.07, 6.45) is 0.903. The lowest BCUT2D eigenvalue weighted by Gasteiger charge is -2.11. The van der Waals surface area contributed by atoms with Crippen LogP contribution in [0, 0.1) is 17.0 Å². The second-order valence-electron chi connectivity index (χ2n) is 4.41. The molecule has 0 aromatic heterocycles. The number of carbonyl (C=O) groups excluding carboxylic acids is 1. The number of nitro groups is 1. The minimum Gasteiger partial charge on any atom is -0.391 e. The summed E-state index contributed by atoms with van der Waals surface area (Å²) in [4.78, 5) is 22.0. The Morgan fingerprint density at radius 2 is 2.21 bits per heavy atom. The molecule has 19 heavy (non-hydrogen) atoms. The van der Waals surface area contributed by atoms with Crippen LogP contribution < -0.4 is 5.32 Å². The first-order valence-corrected chi connectivity index (χ1v) is 6.17. The van der Waals surface area contributed by atoms with Crippen LogP contribution in [-0.2, 0) is 0 Å². The van der Waals surface area contributed by atoms with Gasteiger partial charge in [-0.1, -0.05) is 13.3 Å². The van der Waals surface area contributed by atoms with Crippen LogP contribution in [0.15, 0.2) is 18.2 Å². The fourth-order valence-electron chi connectivity index (χ4n) is 1.76. The van der Waals surface area contributed by atoms with E-state index in [1.54, 1.807) is 6.92 Å². The molecule has 0 radical (unpaired) electrons. The third-order valence-electron chi connectivity index (χ3n) is 2.79. The van der Waals surface area contributed by atoms with Gasteiger partial charge in [0, 0.05) is 24.2 Å². The number of non-ortho nitro benzene ring substituents is 1. The molecule has 0 aliphatic carbocycles. The van der Waals surface area contributed by atoms with Crippen molar-refractivity contribution < 1.29 is 14.8 Å². The minimum absolute atomic E-state index is 0.0416. The van der Waals surface area contributed by atoms with Gasteiger partial charge in [-0.15, -0.1) is 0 Å². The first-order valence-electron chi connectivity index (χ1n) is 6.17. The van der Waals surface area contributed by atoms with Crippen LogP contribution in [0.3, 0.4) is 0 Å². The molecule has 0 saturated carbocycles. The summed E-state index contributed by atoms with van der Waals surface area (Å²) in [7, 11) is 0. The summed E-state index contributed by atoms with van der Waals surface area (Å²) >= 11 is 0. The molecule has 2 N–H and O–H groups in total. The summed E-state index contributed by atoms with van der Waals surface area (Å²) in [5.74, 6) is -0.331. The highest BCUT2D eigenvalue weighted by Gasteiger charge is 2.14. The van der Waals surface area contributed by atoms with Crippen molar-refractivity contribution in [3.63, 3.8) is 0 Å². The van der Waals surface area contributed by atoms with Crippen molar-refractivity contribution in [2.24, 2.45) is 0 Å². The molecular formula is C13H18N2O4. The van der Waals surface area contributed by atoms with Crippen LogP contribution in [0.5, 0.6) is 0 Å². The second-order valence-corrected chi connectivity index (χ2v) is 4.41. The van der Waals surface area contributed by atoms with E-state index < -0.39 is 11.0 Å². The van der Waals surface area contributed by atoms with E-state index in [2.05, 4.69) is 5.32 Å². The number of hydrogen-bond acceptors (Lipinski definition) is 4. The van der Waals surface area contributed by atoms with Gasteiger partial charge in [0.1, 0.15) is 0 Å². The first-order chi connectivity index (χ1) is 8.95. The topological polar surface area (TPSA) is 92.5 Å². The van der Waals surface area contributed by atoms with Crippen molar-refractivity contribution in [1.82, 2.24) is 5.32 Å². The number of amides is 1. The van der Waals surface area contributed by atoms with Gasteiger partial charge in [-0.05, 0) is 25.0 Å². The molecule has 0 fully saturated rings. The number of aryl methyl sites for hydroxylation is 1. The van der Waals surface area contributed by atoms with Crippen LogP contribution in [0.25, 0.3) is 0 Å². The van der Waals surface area contributed by atoms with Gasteiger partial charge in [0.25, 0.3) is 11.6 Å². The van der Waals surface area contributed by atoms with E-state index in [1.807, 2.05) is 6.92 Å². The molecular weight excluding hydrogens is 248 g/mol. The van der Waals surface area contributed by atoms with Crippen molar-refractivity contribution in [3.05, 3.63) is 39.4 Å². The van der Waals surface area contributed by atoms with Gasteiger partial charge in [0.2, 0.25) is 0 Å². The average Bonchev–Trinajstić information content (AvgIpc) is 2.36. The first kappa shape index (κ1) is 15.1. The zero-order chi connectivity index (χ0) is 14.4. The van der Waals surface area contributed by atoms with Gasteiger partial charge in [0.15, 0.2) is 0 Å². The van der Waals surface area contributed by atoms with Crippen molar-refractivity contribution in [2.45, 2.75) is 32.8 Å². The lowest BCUT2D eigenvalue weighted by atomic mass is 10.1. The van der Waals surface area contributed by atoms with E-state index in [0.29, 0.717) is 17.5 Å². The van der Waals surface area contributed by atoms with Crippen LogP contribution in [0.4, 0.5) is 5.69 Å². The van der Waals surface area contributed by atoms with Gasteiger partial charge >= 0.3 is 0 Å². The SMILES string of the molecule is CCCC(O)CNC(=O)c1ccc([N+](=O)[O-])cc1C. The molecule has 104 valence electrons. The summed E-state index contributed by atoms with van der Waals surface area (Å²) < 4.78 is 0. The monoisotopic (exact) mass is 266 g/mol. The zero-order valence-corrected chi connectivity index (χ0v) is 11.0. The molecule has 0 bridgehead atoms. The quantitative estimate of drug-likeness (QED) is 0.606. The maximum absolute atomic E-state index is 11.9. The van der Waals surface area contributed by atoms with E-state index in [-0.39, 0.29) is 18.1 Å². The molecule has 1 rings (SSSR count). The van der Waals surface area contributed by atoms with Gasteiger partial charge in [0.05, 0.1) is 11.0 Å². The Hall–Kier alpha value is -1.95. The van der Waals surface area contributed by atoms with E-state index in [0.717, 1.165) is 6.42 Å². The molecule has 1 aromatic rings. The molecule has 0 aliphatic heterocycles. The fourth-order valence-corrected chi connectivity index (χ4v) is 1.76. The highest BCUT2D eigenvalue weighted by molar-refractivity contribution is 5.95. The van der Waals surface area contributed by atoms with E-state index in [9.17, 15) is 20.0 Å². The number of nitro benzene ring substituents is 1. The zero-order valence-electron chi connectivity index (χ0n) is 11.0. The average molecular weight is 266 g/mol. The predicted molar refractivity (Wildman–Crippen MR) is 71.1 cm³/mol. The molecule has 1 unspecified atom stereocenters. The van der Waals surface area contributed by atoms with E-state index >= 15 is 0 Å². The number of aliphatic hydroxyl groups is 1. The highest BCUT2D eigenvalue weighted by atomic mass is 16.6. The Labute approximate surface area is 111 Å². The van der Waals surface area contributed by atoms with Gasteiger partial charge < -0.3 is 10.4 Å². The summed E-state index contributed by atoms with van der Waals surface area (Å²) in [5.41, 5.74) is 0.881. The molecule has 1 aromatic carbocycles. The Balaban J connectivity index is 2.70. The Morgan fingerprint density at radius 1 is 1.53 bits per heavy atom. The van der Waals surface area contributed by atoms with Gasteiger partial charge in [-0.2, -0.15) is 0 Å². The fraction of sp³-hybridized carbons (Fsp3) is 0.462. The maximum Gasteiger partial charge on any atom is 0.269 e. The summed E-state index contributed by atoms with van der Waals surface area (Å²) in [6.45, 7) is 3.78. The van der Waals surface area contributed by atoms with E-state index in [4.69, 9.17) is 0 Å². The van der Waals surface area contributed by atoms with E-state index in [1.165, 1.54) is 18.2 Å². The number of nitrogens with zero attached hydrogens (tertiary/aromatic N) is 1. The lowest BCUT2D eigenvalue weighted by molar-refractivity contribution is -0.384. The largest absolute Gasteiger partial charge is 0.391 e. The van der Waals surface area contributed by atoms with Crippen molar-refractivity contribution in [1.29, 1.82) is 0 Å². The standard InChI is InChI=1S/C13H18N2O4/c1-3-4-11(16)8-14-13(17)12-6-5-10(15(18)19)7-9(12)2/h5-7,11,16H,3-4,8H2,1-2H3,(H,14,17). The van der Waals surface area contributed by atoms with Crippen LogP contribution in [-0.4, -0.2) is 28.6 Å². The Morgan fingerprint density at radius 3 is 2.74 bits per heavy atom. The van der Waals surface area contributed by atoms with Crippen LogP contribution >= 0.6 is 0 Å². The Kier molecular flexibility index (Phi) is 5.44. The van der Waals surface area contributed by atoms with Crippen LogP contribution in [0.2, 0.25) is 0 Å². The number of aliphatic hydroxyl groups excluding tert-OH is 1. The van der Waals surface area contributed by atoms with Crippen molar-refractivity contribution >= 4 is 11.6 Å². The van der Waals surface area contributed by atoms with Crippen molar-refractivity contribution in [3.8, 4) is 0 Å². The predicted octanol–water partition coefficient (Wildman–Crippen LogP) is 1.79. The molecule has 1 amide bonds.